The SMILES string of the molecule is CC(O)C[C@@H](C)N. The van der Waals surface area contributed by atoms with Crippen LogP contribution in [0.15, 0.2) is 0 Å². The molecule has 0 aromatic carbocycles. The fourth-order valence-electron chi connectivity index (χ4n) is 0.538. The number of nitrogens with two attached hydrogens (primary N) is 1. The van der Waals surface area contributed by atoms with Crippen molar-refractivity contribution in [2.45, 2.75) is 32.4 Å². The molecule has 0 aliphatic carbocycles. The van der Waals surface area contributed by atoms with Gasteiger partial charge in [0.2, 0.25) is 0 Å². The van der Waals surface area contributed by atoms with Crippen molar-refractivity contribution in [2.75, 3.05) is 0 Å². The average molecular weight is 103 g/mol. The van der Waals surface area contributed by atoms with Gasteiger partial charge in [0.25, 0.3) is 0 Å². The number of aliphatic hydroxyl groups is 1. The molecule has 0 radical (unpaired) electrons. The van der Waals surface area contributed by atoms with Crippen LogP contribution in [0.5, 0.6) is 0 Å². The average Bonchev–Trinajstić information content (AvgIpc) is 1.27. The summed E-state index contributed by atoms with van der Waals surface area (Å²) in [6.45, 7) is 3.62. The Balaban J connectivity index is 2.95. The molecule has 0 saturated heterocycles. The monoisotopic (exact) mass is 103 g/mol. The highest BCUT2D eigenvalue weighted by Gasteiger charge is 1.97. The molecule has 2 atom stereocenters. The lowest BCUT2D eigenvalue weighted by Gasteiger charge is -2.05. The van der Waals surface area contributed by atoms with Crippen LogP contribution in [0.1, 0.15) is 20.3 Å². The summed E-state index contributed by atoms with van der Waals surface area (Å²) >= 11 is 0. The molecule has 0 aromatic rings. The van der Waals surface area contributed by atoms with Gasteiger partial charge < -0.3 is 10.8 Å². The van der Waals surface area contributed by atoms with Gasteiger partial charge in [-0.3, -0.25) is 0 Å². The highest BCUT2D eigenvalue weighted by Crippen LogP contribution is 1.91. The van der Waals surface area contributed by atoms with Crippen molar-refractivity contribution in [3.63, 3.8) is 0 Å². The van der Waals surface area contributed by atoms with Crippen molar-refractivity contribution < 1.29 is 5.11 Å². The molecular formula is C5H13NO. The number of hydrogen-bond donors (Lipinski definition) is 2. The van der Waals surface area contributed by atoms with Crippen LogP contribution < -0.4 is 5.73 Å². The highest BCUT2D eigenvalue weighted by atomic mass is 16.3. The van der Waals surface area contributed by atoms with E-state index < -0.39 is 0 Å². The Morgan fingerprint density at radius 3 is 2.00 bits per heavy atom. The van der Waals surface area contributed by atoms with E-state index in [4.69, 9.17) is 10.8 Å². The van der Waals surface area contributed by atoms with Crippen LogP contribution >= 0.6 is 0 Å². The van der Waals surface area contributed by atoms with Gasteiger partial charge in [0.15, 0.2) is 0 Å². The Hall–Kier alpha value is -0.0800. The second-order valence-electron chi connectivity index (χ2n) is 2.06. The Morgan fingerprint density at radius 2 is 2.00 bits per heavy atom. The first-order valence-electron chi connectivity index (χ1n) is 2.56. The smallest absolute Gasteiger partial charge is 0.0526 e. The molecule has 0 fully saturated rings. The molecule has 7 heavy (non-hydrogen) atoms. The van der Waals surface area contributed by atoms with E-state index in [0.29, 0.717) is 6.42 Å². The van der Waals surface area contributed by atoms with E-state index in [2.05, 4.69) is 0 Å². The molecule has 2 nitrogen and oxygen atoms in total. The first-order valence-corrected chi connectivity index (χ1v) is 2.56. The molecule has 0 saturated carbocycles. The lowest BCUT2D eigenvalue weighted by Crippen LogP contribution is -2.20. The van der Waals surface area contributed by atoms with Crippen LogP contribution in [0, 0.1) is 0 Å². The zero-order chi connectivity index (χ0) is 5.86. The fraction of sp³-hybridized carbons (Fsp3) is 1.00. The van der Waals surface area contributed by atoms with E-state index in [9.17, 15) is 0 Å². The largest absolute Gasteiger partial charge is 0.393 e. The summed E-state index contributed by atoms with van der Waals surface area (Å²) in [4.78, 5) is 0. The molecule has 3 N–H and O–H groups in total. The maximum Gasteiger partial charge on any atom is 0.0526 e. The van der Waals surface area contributed by atoms with Crippen LogP contribution in [0.2, 0.25) is 0 Å². The van der Waals surface area contributed by atoms with E-state index in [1.54, 1.807) is 6.92 Å². The standard InChI is InChI=1S/C5H13NO/c1-4(6)3-5(2)7/h4-5,7H,3,6H2,1-2H3/t4-,5?/m1/s1. The molecule has 0 rings (SSSR count). The summed E-state index contributed by atoms with van der Waals surface area (Å²) in [5.74, 6) is 0. The molecule has 0 aliphatic heterocycles. The third kappa shape index (κ3) is 5.92. The molecule has 44 valence electrons. The van der Waals surface area contributed by atoms with Crippen molar-refractivity contribution in [3.05, 3.63) is 0 Å². The molecule has 0 bridgehead atoms. The predicted octanol–water partition coefficient (Wildman–Crippen LogP) is 0.104. The van der Waals surface area contributed by atoms with Crippen molar-refractivity contribution in [3.8, 4) is 0 Å². The summed E-state index contributed by atoms with van der Waals surface area (Å²) in [7, 11) is 0. The zero-order valence-electron chi connectivity index (χ0n) is 4.89. The number of hydrogen-bond acceptors (Lipinski definition) is 2. The Labute approximate surface area is 44.3 Å². The van der Waals surface area contributed by atoms with Crippen LogP contribution in [-0.4, -0.2) is 17.3 Å². The lowest BCUT2D eigenvalue weighted by atomic mass is 10.2. The topological polar surface area (TPSA) is 46.2 Å². The molecule has 0 heterocycles. The van der Waals surface area contributed by atoms with E-state index in [-0.39, 0.29) is 12.1 Å². The maximum atomic E-state index is 8.64. The van der Waals surface area contributed by atoms with Gasteiger partial charge in [0.05, 0.1) is 6.10 Å². The van der Waals surface area contributed by atoms with Crippen LogP contribution in [-0.2, 0) is 0 Å². The van der Waals surface area contributed by atoms with Crippen LogP contribution in [0.4, 0.5) is 0 Å². The maximum absolute atomic E-state index is 8.64. The second-order valence-corrected chi connectivity index (χ2v) is 2.06. The zero-order valence-corrected chi connectivity index (χ0v) is 4.89. The minimum atomic E-state index is -0.250. The van der Waals surface area contributed by atoms with E-state index in [1.807, 2.05) is 6.92 Å². The van der Waals surface area contributed by atoms with Crippen LogP contribution in [0.25, 0.3) is 0 Å². The molecule has 0 amide bonds. The first-order chi connectivity index (χ1) is 3.13. The van der Waals surface area contributed by atoms with Gasteiger partial charge in [0.1, 0.15) is 0 Å². The Bertz CT molecular complexity index is 37.3. The van der Waals surface area contributed by atoms with Crippen LogP contribution in [0.3, 0.4) is 0 Å². The Kier molecular flexibility index (Phi) is 2.96. The third-order valence-electron chi connectivity index (χ3n) is 0.713. The van der Waals surface area contributed by atoms with Crippen molar-refractivity contribution >= 4 is 0 Å². The summed E-state index contributed by atoms with van der Waals surface area (Å²) in [5, 5.41) is 8.64. The molecule has 1 unspecified atom stereocenters. The van der Waals surface area contributed by atoms with Gasteiger partial charge in [-0.1, -0.05) is 0 Å². The minimum Gasteiger partial charge on any atom is -0.393 e. The van der Waals surface area contributed by atoms with Crippen molar-refractivity contribution in [1.82, 2.24) is 0 Å². The number of aliphatic hydroxyl groups excluding tert-OH is 1. The van der Waals surface area contributed by atoms with Gasteiger partial charge in [-0.15, -0.1) is 0 Å². The molecular weight excluding hydrogens is 90.1 g/mol. The third-order valence-corrected chi connectivity index (χ3v) is 0.713. The van der Waals surface area contributed by atoms with Gasteiger partial charge in [0, 0.05) is 6.04 Å². The van der Waals surface area contributed by atoms with Gasteiger partial charge in [-0.05, 0) is 20.3 Å². The first kappa shape index (κ1) is 6.92. The Morgan fingerprint density at radius 1 is 1.57 bits per heavy atom. The minimum absolute atomic E-state index is 0.125. The van der Waals surface area contributed by atoms with Gasteiger partial charge >= 0.3 is 0 Å². The summed E-state index contributed by atoms with van der Waals surface area (Å²) < 4.78 is 0. The highest BCUT2D eigenvalue weighted by molar-refractivity contribution is 4.56. The van der Waals surface area contributed by atoms with E-state index >= 15 is 0 Å². The van der Waals surface area contributed by atoms with Gasteiger partial charge in [-0.2, -0.15) is 0 Å². The van der Waals surface area contributed by atoms with Crippen molar-refractivity contribution in [1.29, 1.82) is 0 Å². The molecule has 0 aliphatic rings. The number of rotatable bonds is 2. The van der Waals surface area contributed by atoms with Gasteiger partial charge in [-0.25, -0.2) is 0 Å². The summed E-state index contributed by atoms with van der Waals surface area (Å²) in [6, 6.07) is 0.125. The summed E-state index contributed by atoms with van der Waals surface area (Å²) in [5.41, 5.74) is 5.33. The predicted molar refractivity (Wildman–Crippen MR) is 29.9 cm³/mol. The van der Waals surface area contributed by atoms with Crippen molar-refractivity contribution in [2.24, 2.45) is 5.73 Å². The fourth-order valence-corrected chi connectivity index (χ4v) is 0.538. The summed E-state index contributed by atoms with van der Waals surface area (Å²) in [6.07, 6.45) is 0.444. The molecule has 2 heteroatoms. The molecule has 0 aromatic heterocycles. The van der Waals surface area contributed by atoms with E-state index in [0.717, 1.165) is 0 Å². The lowest BCUT2D eigenvalue weighted by molar-refractivity contribution is 0.177. The normalized spacial score (nSPS) is 18.9. The quantitative estimate of drug-likeness (QED) is 0.521. The molecule has 0 spiro atoms. The second kappa shape index (κ2) is 2.99. The van der Waals surface area contributed by atoms with E-state index in [1.165, 1.54) is 0 Å².